The summed E-state index contributed by atoms with van der Waals surface area (Å²) in [4.78, 5) is 3.39. The number of rotatable bonds is 6. The van der Waals surface area contributed by atoms with Gasteiger partial charge in [-0.3, -0.25) is 0 Å². The van der Waals surface area contributed by atoms with Crippen molar-refractivity contribution in [3.05, 3.63) is 51.7 Å². The van der Waals surface area contributed by atoms with Crippen LogP contribution in [0.4, 0.5) is 8.78 Å². The van der Waals surface area contributed by atoms with Crippen LogP contribution in [0, 0.1) is 18.6 Å². The van der Waals surface area contributed by atoms with Crippen molar-refractivity contribution in [3.63, 3.8) is 0 Å². The van der Waals surface area contributed by atoms with Gasteiger partial charge < -0.3 is 5.32 Å². The quantitative estimate of drug-likeness (QED) is 0.633. The Morgan fingerprint density at radius 3 is 2.68 bits per heavy atom. The summed E-state index contributed by atoms with van der Waals surface area (Å²) in [5, 5.41) is 3.33. The summed E-state index contributed by atoms with van der Waals surface area (Å²) in [6.45, 7) is 3.78. The van der Waals surface area contributed by atoms with E-state index in [-0.39, 0.29) is 0 Å². The summed E-state index contributed by atoms with van der Waals surface area (Å²) in [6.07, 6.45) is 0. The molecule has 0 aliphatic rings. The van der Waals surface area contributed by atoms with Crippen LogP contribution in [0.1, 0.15) is 9.75 Å². The summed E-state index contributed by atoms with van der Waals surface area (Å²) in [7, 11) is 0. The van der Waals surface area contributed by atoms with E-state index < -0.39 is 11.6 Å². The molecule has 0 radical (unpaired) electrons. The lowest BCUT2D eigenvalue weighted by Crippen LogP contribution is -2.15. The van der Waals surface area contributed by atoms with Crippen LogP contribution < -0.4 is 5.32 Å². The van der Waals surface area contributed by atoms with Gasteiger partial charge in [0.15, 0.2) is 11.6 Å². The molecule has 0 amide bonds. The van der Waals surface area contributed by atoms with Crippen molar-refractivity contribution in [1.82, 2.24) is 5.32 Å². The summed E-state index contributed by atoms with van der Waals surface area (Å²) >= 11 is 3.30. The van der Waals surface area contributed by atoms with Gasteiger partial charge >= 0.3 is 0 Å². The molecular weight excluding hydrogens is 284 g/mol. The number of hydrogen-bond acceptors (Lipinski definition) is 3. The Hall–Kier alpha value is -0.910. The van der Waals surface area contributed by atoms with E-state index in [1.165, 1.54) is 33.6 Å². The Kier molecular flexibility index (Phi) is 5.36. The number of aryl methyl sites for hydroxylation is 1. The largest absolute Gasteiger partial charge is 0.311 e. The minimum atomic E-state index is -0.796. The van der Waals surface area contributed by atoms with Gasteiger partial charge in [-0.25, -0.2) is 8.78 Å². The molecule has 0 aliphatic carbocycles. The number of halogens is 2. The molecule has 0 saturated heterocycles. The van der Waals surface area contributed by atoms with Crippen molar-refractivity contribution in [3.8, 4) is 0 Å². The van der Waals surface area contributed by atoms with Gasteiger partial charge in [0, 0.05) is 33.5 Å². The lowest BCUT2D eigenvalue weighted by atomic mass is 10.3. The third-order valence-electron chi connectivity index (χ3n) is 2.53. The Bertz CT molecular complexity index is 540. The molecule has 1 N–H and O–H groups in total. The monoisotopic (exact) mass is 299 g/mol. The van der Waals surface area contributed by atoms with E-state index in [9.17, 15) is 8.78 Å². The van der Waals surface area contributed by atoms with Gasteiger partial charge in [-0.15, -0.1) is 23.1 Å². The number of hydrogen-bond donors (Lipinski definition) is 1. The zero-order chi connectivity index (χ0) is 13.7. The molecule has 1 heterocycles. The highest BCUT2D eigenvalue weighted by Crippen LogP contribution is 2.20. The first-order chi connectivity index (χ1) is 9.15. The van der Waals surface area contributed by atoms with Gasteiger partial charge in [0.25, 0.3) is 0 Å². The van der Waals surface area contributed by atoms with Gasteiger partial charge in [-0.2, -0.15) is 0 Å². The molecule has 2 rings (SSSR count). The number of thiophene rings is 1. The molecule has 0 saturated carbocycles. The van der Waals surface area contributed by atoms with E-state index in [4.69, 9.17) is 0 Å². The van der Waals surface area contributed by atoms with Crippen LogP contribution in [0.5, 0.6) is 0 Å². The summed E-state index contributed by atoms with van der Waals surface area (Å²) < 4.78 is 25.7. The average Bonchev–Trinajstić information content (AvgIpc) is 2.79. The Balaban J connectivity index is 1.67. The molecule has 1 nitrogen and oxygen atoms in total. The Morgan fingerprint density at radius 1 is 1.16 bits per heavy atom. The first-order valence-electron chi connectivity index (χ1n) is 5.99. The fourth-order valence-electron chi connectivity index (χ4n) is 1.60. The molecule has 0 spiro atoms. The molecule has 1 aromatic carbocycles. The van der Waals surface area contributed by atoms with E-state index in [0.29, 0.717) is 0 Å². The molecule has 0 aliphatic heterocycles. The molecule has 0 bridgehead atoms. The first kappa shape index (κ1) is 14.5. The predicted octanol–water partition coefficient (Wildman–Crippen LogP) is 4.22. The lowest BCUT2D eigenvalue weighted by molar-refractivity contribution is 0.506. The van der Waals surface area contributed by atoms with Gasteiger partial charge in [-0.1, -0.05) is 0 Å². The van der Waals surface area contributed by atoms with Crippen molar-refractivity contribution in [2.45, 2.75) is 18.4 Å². The zero-order valence-corrected chi connectivity index (χ0v) is 12.2. The molecule has 5 heteroatoms. The predicted molar refractivity (Wildman–Crippen MR) is 77.8 cm³/mol. The maximum atomic E-state index is 13.0. The maximum Gasteiger partial charge on any atom is 0.159 e. The fraction of sp³-hybridized carbons (Fsp3) is 0.286. The zero-order valence-electron chi connectivity index (χ0n) is 10.6. The standard InChI is InChI=1S/C14H15F2NS2/c1-10-2-3-12(19-10)9-17-6-7-18-11-4-5-13(15)14(16)8-11/h2-5,8,17H,6-7,9H2,1H3. The number of benzene rings is 1. The fourth-order valence-corrected chi connectivity index (χ4v) is 3.29. The van der Waals surface area contributed by atoms with E-state index in [1.54, 1.807) is 17.4 Å². The molecule has 0 atom stereocenters. The lowest BCUT2D eigenvalue weighted by Gasteiger charge is -2.04. The second kappa shape index (κ2) is 7.03. The van der Waals surface area contributed by atoms with Crippen LogP contribution in [0.15, 0.2) is 35.2 Å². The normalized spacial score (nSPS) is 10.9. The van der Waals surface area contributed by atoms with Crippen LogP contribution in [0.2, 0.25) is 0 Å². The second-order valence-corrected chi connectivity index (χ2v) is 6.65. The van der Waals surface area contributed by atoms with Crippen molar-refractivity contribution < 1.29 is 8.78 Å². The van der Waals surface area contributed by atoms with Crippen LogP contribution in [0.3, 0.4) is 0 Å². The maximum absolute atomic E-state index is 13.0. The van der Waals surface area contributed by atoms with E-state index >= 15 is 0 Å². The van der Waals surface area contributed by atoms with Gasteiger partial charge in [0.2, 0.25) is 0 Å². The molecule has 0 unspecified atom stereocenters. The van der Waals surface area contributed by atoms with E-state index in [2.05, 4.69) is 24.4 Å². The topological polar surface area (TPSA) is 12.0 Å². The molecular formula is C14H15F2NS2. The van der Waals surface area contributed by atoms with Crippen LogP contribution in [0.25, 0.3) is 0 Å². The van der Waals surface area contributed by atoms with Crippen LogP contribution >= 0.6 is 23.1 Å². The molecule has 2 aromatic rings. The Labute approximate surface area is 120 Å². The smallest absolute Gasteiger partial charge is 0.159 e. The third kappa shape index (κ3) is 4.60. The SMILES string of the molecule is Cc1ccc(CNCCSc2ccc(F)c(F)c2)s1. The number of nitrogens with one attached hydrogen (secondary N) is 1. The van der Waals surface area contributed by atoms with Crippen molar-refractivity contribution in [2.75, 3.05) is 12.3 Å². The highest BCUT2D eigenvalue weighted by atomic mass is 32.2. The summed E-state index contributed by atoms with van der Waals surface area (Å²) in [6, 6.07) is 8.24. The van der Waals surface area contributed by atoms with Crippen molar-refractivity contribution in [2.24, 2.45) is 0 Å². The minimum absolute atomic E-state index is 0.757. The van der Waals surface area contributed by atoms with Crippen molar-refractivity contribution in [1.29, 1.82) is 0 Å². The van der Waals surface area contributed by atoms with Crippen molar-refractivity contribution >= 4 is 23.1 Å². The minimum Gasteiger partial charge on any atom is -0.311 e. The second-order valence-electron chi connectivity index (χ2n) is 4.11. The van der Waals surface area contributed by atoms with E-state index in [0.717, 1.165) is 23.7 Å². The average molecular weight is 299 g/mol. The van der Waals surface area contributed by atoms with Crippen LogP contribution in [-0.2, 0) is 6.54 Å². The molecule has 0 fully saturated rings. The van der Waals surface area contributed by atoms with Gasteiger partial charge in [0.05, 0.1) is 0 Å². The van der Waals surface area contributed by atoms with Crippen LogP contribution in [-0.4, -0.2) is 12.3 Å². The van der Waals surface area contributed by atoms with E-state index in [1.807, 2.05) is 0 Å². The molecule has 102 valence electrons. The first-order valence-corrected chi connectivity index (χ1v) is 7.79. The summed E-state index contributed by atoms with van der Waals surface area (Å²) in [5.74, 6) is -0.752. The highest BCUT2D eigenvalue weighted by Gasteiger charge is 2.02. The van der Waals surface area contributed by atoms with Gasteiger partial charge in [0.1, 0.15) is 0 Å². The molecule has 19 heavy (non-hydrogen) atoms. The highest BCUT2D eigenvalue weighted by molar-refractivity contribution is 7.99. The third-order valence-corrected chi connectivity index (χ3v) is 4.53. The molecule has 1 aromatic heterocycles. The number of thioether (sulfide) groups is 1. The summed E-state index contributed by atoms with van der Waals surface area (Å²) in [5.41, 5.74) is 0. The Morgan fingerprint density at radius 2 is 2.00 bits per heavy atom. The van der Waals surface area contributed by atoms with Gasteiger partial charge in [-0.05, 0) is 37.3 Å².